The maximum absolute atomic E-state index is 13.7. The van der Waals surface area contributed by atoms with Crippen LogP contribution in [0, 0.1) is 5.92 Å². The minimum Gasteiger partial charge on any atom is -0.366 e. The van der Waals surface area contributed by atoms with Gasteiger partial charge in [-0.15, -0.1) is 0 Å². The largest absolute Gasteiger partial charge is 0.366 e. The van der Waals surface area contributed by atoms with Crippen molar-refractivity contribution in [2.45, 2.75) is 62.8 Å². The van der Waals surface area contributed by atoms with Crippen molar-refractivity contribution in [2.75, 3.05) is 25.5 Å². The van der Waals surface area contributed by atoms with Gasteiger partial charge in [-0.25, -0.2) is 18.1 Å². The first-order valence-corrected chi connectivity index (χ1v) is 16.9. The second-order valence-corrected chi connectivity index (χ2v) is 14.6. The first-order valence-electron chi connectivity index (χ1n) is 14.6. The zero-order valence-corrected chi connectivity index (χ0v) is 27.0. The number of nitrogens with one attached hydrogen (secondary N) is 4. The maximum Gasteiger partial charge on any atom is 0.272 e. The molecule has 2 aromatic carbocycles. The molecule has 3 amide bonds. The van der Waals surface area contributed by atoms with Gasteiger partial charge in [0.2, 0.25) is 21.8 Å². The smallest absolute Gasteiger partial charge is 0.272 e. The molecule has 0 spiro atoms. The van der Waals surface area contributed by atoms with E-state index >= 15 is 0 Å². The third kappa shape index (κ3) is 8.01. The third-order valence-electron chi connectivity index (χ3n) is 7.67. The van der Waals surface area contributed by atoms with E-state index in [2.05, 4.69) is 58.6 Å². The molecule has 0 unspecified atom stereocenters. The van der Waals surface area contributed by atoms with Crippen LogP contribution in [0.25, 0.3) is 10.4 Å². The Morgan fingerprint density at radius 3 is 2.20 bits per heavy atom. The first kappa shape index (κ1) is 33.1. The molecule has 44 heavy (non-hydrogen) atoms. The van der Waals surface area contributed by atoms with Crippen molar-refractivity contribution in [3.63, 3.8) is 0 Å². The Hall–Kier alpha value is -3.81. The zero-order chi connectivity index (χ0) is 32.1. The first-order chi connectivity index (χ1) is 20.8. The molecular formula is C31H40N6O5S2. The van der Waals surface area contributed by atoms with Gasteiger partial charge in [0.25, 0.3) is 5.91 Å². The number of hydrogen-bond donors (Lipinski definition) is 5. The summed E-state index contributed by atoms with van der Waals surface area (Å²) in [6.45, 7) is 6.37. The van der Waals surface area contributed by atoms with Gasteiger partial charge in [0.1, 0.15) is 11.7 Å². The lowest BCUT2D eigenvalue weighted by Crippen LogP contribution is -2.51. The molecule has 1 saturated carbocycles. The highest BCUT2D eigenvalue weighted by molar-refractivity contribution is 7.89. The van der Waals surface area contributed by atoms with E-state index in [4.69, 9.17) is 5.73 Å². The van der Waals surface area contributed by atoms with Gasteiger partial charge >= 0.3 is 0 Å². The van der Waals surface area contributed by atoms with Gasteiger partial charge in [-0.05, 0) is 59.6 Å². The minimum atomic E-state index is -3.87. The van der Waals surface area contributed by atoms with Crippen LogP contribution in [-0.2, 0) is 20.2 Å². The van der Waals surface area contributed by atoms with E-state index < -0.39 is 27.9 Å². The lowest BCUT2D eigenvalue weighted by atomic mass is 9.86. The Kier molecular flexibility index (Phi) is 10.4. The minimum absolute atomic E-state index is 0.0120. The topological polar surface area (TPSA) is 172 Å². The second-order valence-electron chi connectivity index (χ2n) is 11.8. The molecule has 3 aromatic rings. The Balaban J connectivity index is 1.44. The zero-order valence-electron chi connectivity index (χ0n) is 25.4. The summed E-state index contributed by atoms with van der Waals surface area (Å²) < 4.78 is 27.7. The molecule has 1 fully saturated rings. The molecule has 1 aromatic heterocycles. The Morgan fingerprint density at radius 2 is 1.64 bits per heavy atom. The average molecular weight is 641 g/mol. The highest BCUT2D eigenvalue weighted by Gasteiger charge is 2.33. The molecule has 1 atom stereocenters. The molecule has 0 radical (unpaired) electrons. The molecule has 0 saturated heterocycles. The molecule has 4 rings (SSSR count). The number of nitrogens with zero attached hydrogens (tertiary/aromatic N) is 1. The number of sulfonamides is 1. The van der Waals surface area contributed by atoms with Crippen molar-refractivity contribution in [3.05, 3.63) is 65.4 Å². The van der Waals surface area contributed by atoms with Gasteiger partial charge in [0.05, 0.1) is 9.77 Å². The quantitative estimate of drug-likeness (QED) is 0.188. The summed E-state index contributed by atoms with van der Waals surface area (Å²) in [6, 6.07) is 12.5. The van der Waals surface area contributed by atoms with Crippen molar-refractivity contribution < 1.29 is 22.8 Å². The van der Waals surface area contributed by atoms with Crippen LogP contribution in [0.4, 0.5) is 5.13 Å². The number of anilines is 1. The predicted octanol–water partition coefficient (Wildman–Crippen LogP) is 3.63. The van der Waals surface area contributed by atoms with Crippen LogP contribution in [0.3, 0.4) is 0 Å². The normalized spacial score (nSPS) is 14.6. The van der Waals surface area contributed by atoms with Crippen LogP contribution in [0.2, 0.25) is 0 Å². The lowest BCUT2D eigenvalue weighted by molar-refractivity contribution is -0.124. The van der Waals surface area contributed by atoms with E-state index in [1.807, 2.05) is 12.1 Å². The second kappa shape index (κ2) is 13.9. The number of primary amides is 1. The van der Waals surface area contributed by atoms with E-state index in [9.17, 15) is 22.8 Å². The summed E-state index contributed by atoms with van der Waals surface area (Å²) in [5.74, 6) is -1.52. The highest BCUT2D eigenvalue weighted by atomic mass is 32.2. The summed E-state index contributed by atoms with van der Waals surface area (Å²) in [5, 5.41) is 9.32. The van der Waals surface area contributed by atoms with E-state index in [1.54, 1.807) is 7.05 Å². The fraction of sp³-hybridized carbons (Fsp3) is 0.419. The van der Waals surface area contributed by atoms with E-state index in [-0.39, 0.29) is 46.5 Å². The highest BCUT2D eigenvalue weighted by Crippen LogP contribution is 2.35. The summed E-state index contributed by atoms with van der Waals surface area (Å²) in [7, 11) is -2.13. The Labute approximate surface area is 262 Å². The van der Waals surface area contributed by atoms with Gasteiger partial charge in [0.15, 0.2) is 5.13 Å². The van der Waals surface area contributed by atoms with Gasteiger partial charge in [-0.1, -0.05) is 69.2 Å². The van der Waals surface area contributed by atoms with Gasteiger partial charge in [-0.3, -0.25) is 14.4 Å². The molecule has 1 aliphatic carbocycles. The fourth-order valence-corrected chi connectivity index (χ4v) is 7.11. The molecule has 0 bridgehead atoms. The molecule has 11 nitrogen and oxygen atoms in total. The number of amides is 3. The number of rotatable bonds is 12. The number of aromatic nitrogens is 1. The summed E-state index contributed by atoms with van der Waals surface area (Å²) >= 11 is 1.37. The molecule has 236 valence electrons. The van der Waals surface area contributed by atoms with Crippen molar-refractivity contribution in [1.82, 2.24) is 20.3 Å². The number of nitrogens with two attached hydrogens (primary N) is 1. The van der Waals surface area contributed by atoms with E-state index in [0.717, 1.165) is 31.2 Å². The molecule has 0 aliphatic heterocycles. The average Bonchev–Trinajstić information content (AvgIpc) is 3.68. The number of hydrogen-bond acceptors (Lipinski definition) is 8. The Morgan fingerprint density at radius 1 is 1.00 bits per heavy atom. The lowest BCUT2D eigenvalue weighted by Gasteiger charge is -2.24. The number of carbonyl (C=O) groups excluding carboxylic acids is 3. The maximum atomic E-state index is 13.7. The summed E-state index contributed by atoms with van der Waals surface area (Å²) in [6.07, 6.45) is 3.52. The van der Waals surface area contributed by atoms with E-state index in [1.165, 1.54) is 41.2 Å². The van der Waals surface area contributed by atoms with Crippen LogP contribution in [-0.4, -0.2) is 57.3 Å². The third-order valence-corrected chi connectivity index (χ3v) is 10.3. The van der Waals surface area contributed by atoms with Crippen LogP contribution < -0.4 is 26.4 Å². The molecule has 6 N–H and O–H groups in total. The monoisotopic (exact) mass is 640 g/mol. The molecule has 1 aliphatic rings. The predicted molar refractivity (Wildman–Crippen MR) is 172 cm³/mol. The van der Waals surface area contributed by atoms with Crippen LogP contribution in [0.1, 0.15) is 72.9 Å². The van der Waals surface area contributed by atoms with Gasteiger partial charge in [0, 0.05) is 25.7 Å². The van der Waals surface area contributed by atoms with Gasteiger partial charge in [-0.2, -0.15) is 0 Å². The van der Waals surface area contributed by atoms with Crippen molar-refractivity contribution in [3.8, 4) is 10.4 Å². The number of thiazole rings is 1. The van der Waals surface area contributed by atoms with E-state index in [0.29, 0.717) is 10.0 Å². The Bertz CT molecular complexity index is 1590. The number of benzene rings is 2. The van der Waals surface area contributed by atoms with Crippen molar-refractivity contribution in [2.24, 2.45) is 11.7 Å². The number of carbonyl (C=O) groups is 3. The van der Waals surface area contributed by atoms with Crippen molar-refractivity contribution >= 4 is 44.2 Å². The van der Waals surface area contributed by atoms with Crippen LogP contribution in [0.15, 0.2) is 53.4 Å². The standard InChI is InChI=1S/C31H40N6O5S2/c1-31(2,3)22-13-9-20(10-14-22)26-25(37-30(33-4)43-26)29(40)36-24(19-7-5-6-8-19)28(39)34-17-18-35-44(41,42)23-15-11-21(12-16-23)27(32)38/h9-16,19,24,35H,5-8,17-18H2,1-4H3,(H2,32,38)(H,33,37)(H,34,39)(H,36,40)/t24-/m1/s1. The van der Waals surface area contributed by atoms with Gasteiger partial charge < -0.3 is 21.7 Å². The SMILES string of the molecule is CNc1nc(C(=O)N[C@@H](C(=O)NCCNS(=O)(=O)c2ccc(C(N)=O)cc2)C2CCCC2)c(-c2ccc(C(C)(C)C)cc2)s1. The molecule has 1 heterocycles. The summed E-state index contributed by atoms with van der Waals surface area (Å²) in [4.78, 5) is 43.5. The molecular weight excluding hydrogens is 601 g/mol. The van der Waals surface area contributed by atoms with Crippen LogP contribution >= 0.6 is 11.3 Å². The summed E-state index contributed by atoms with van der Waals surface area (Å²) in [5.41, 5.74) is 7.68. The molecule has 13 heteroatoms. The van der Waals surface area contributed by atoms with Crippen molar-refractivity contribution in [1.29, 1.82) is 0 Å². The van der Waals surface area contributed by atoms with Crippen LogP contribution in [0.5, 0.6) is 0 Å². The fourth-order valence-electron chi connectivity index (χ4n) is 5.16.